The maximum atomic E-state index is 12.9. The van der Waals surface area contributed by atoms with E-state index in [1.165, 1.54) is 27.5 Å². The lowest BCUT2D eigenvalue weighted by atomic mass is 9.98. The number of ether oxygens (including phenoxy) is 1. The predicted molar refractivity (Wildman–Crippen MR) is 125 cm³/mol. The second kappa shape index (κ2) is 10.7. The highest BCUT2D eigenvalue weighted by Crippen LogP contribution is 2.23. The zero-order valence-corrected chi connectivity index (χ0v) is 20.5. The number of benzene rings is 1. The lowest BCUT2D eigenvalue weighted by Crippen LogP contribution is -2.39. The van der Waals surface area contributed by atoms with E-state index in [-0.39, 0.29) is 30.9 Å². The Balaban J connectivity index is 1.91. The van der Waals surface area contributed by atoms with Gasteiger partial charge in [-0.3, -0.25) is 9.59 Å². The van der Waals surface area contributed by atoms with E-state index in [0.29, 0.717) is 30.7 Å². The molecular formula is C22H31N3O5S2. The van der Waals surface area contributed by atoms with Crippen molar-refractivity contribution < 1.29 is 22.7 Å². The van der Waals surface area contributed by atoms with E-state index >= 15 is 0 Å². The third-order valence-corrected chi connectivity index (χ3v) is 7.98. The molecule has 32 heavy (non-hydrogen) atoms. The predicted octanol–water partition coefficient (Wildman–Crippen LogP) is 2.71. The Labute approximate surface area is 193 Å². The first-order valence-corrected chi connectivity index (χ1v) is 13.7. The summed E-state index contributed by atoms with van der Waals surface area (Å²) < 4.78 is 32.7. The van der Waals surface area contributed by atoms with Gasteiger partial charge in [0.1, 0.15) is 6.54 Å². The molecular weight excluding hydrogens is 450 g/mol. The average molecular weight is 482 g/mol. The molecule has 0 saturated carbocycles. The number of fused-ring (bicyclic) bond motifs is 1. The van der Waals surface area contributed by atoms with Crippen LogP contribution in [0.15, 0.2) is 23.2 Å². The first-order valence-electron chi connectivity index (χ1n) is 11.0. The zero-order chi connectivity index (χ0) is 23.3. The number of amides is 1. The van der Waals surface area contributed by atoms with Crippen LogP contribution in [-0.4, -0.2) is 55.1 Å². The topological polar surface area (TPSA) is 98.0 Å². The number of piperidine rings is 1. The van der Waals surface area contributed by atoms with Gasteiger partial charge in [0.2, 0.25) is 10.0 Å². The summed E-state index contributed by atoms with van der Waals surface area (Å²) in [5.74, 6) is -0.972. The molecule has 176 valence electrons. The van der Waals surface area contributed by atoms with Crippen LogP contribution in [0.1, 0.15) is 45.1 Å². The standard InChI is InChI=1S/C22H31N3O5S2/c1-4-6-7-16-8-9-18-19(14-16)31-22(25(18)15-20(26)30-5-2)23-21(27)17-10-12-24(13-11-17)32(3,28)29/h8-9,14,17H,4-7,10-13,15H2,1-3H3. The van der Waals surface area contributed by atoms with Crippen LogP contribution in [0.25, 0.3) is 10.2 Å². The number of carbonyl (C=O) groups excluding carboxylic acids is 2. The number of sulfonamides is 1. The molecule has 1 aromatic carbocycles. The summed E-state index contributed by atoms with van der Waals surface area (Å²) in [7, 11) is -3.25. The molecule has 1 aromatic heterocycles. The average Bonchev–Trinajstić information content (AvgIpc) is 3.07. The summed E-state index contributed by atoms with van der Waals surface area (Å²) in [5.41, 5.74) is 2.07. The summed E-state index contributed by atoms with van der Waals surface area (Å²) in [4.78, 5) is 30.0. The number of aryl methyl sites for hydroxylation is 1. The maximum absolute atomic E-state index is 12.9. The minimum atomic E-state index is -3.25. The first kappa shape index (κ1) is 24.6. The Morgan fingerprint density at radius 1 is 1.22 bits per heavy atom. The lowest BCUT2D eigenvalue weighted by Gasteiger charge is -2.28. The van der Waals surface area contributed by atoms with E-state index in [2.05, 4.69) is 24.0 Å². The van der Waals surface area contributed by atoms with Crippen molar-refractivity contribution in [2.24, 2.45) is 10.9 Å². The van der Waals surface area contributed by atoms with Crippen molar-refractivity contribution in [1.82, 2.24) is 8.87 Å². The van der Waals surface area contributed by atoms with Gasteiger partial charge in [-0.1, -0.05) is 30.7 Å². The molecule has 0 N–H and O–H groups in total. The third kappa shape index (κ3) is 6.05. The Bertz CT molecular complexity index is 1140. The molecule has 0 atom stereocenters. The van der Waals surface area contributed by atoms with Crippen molar-refractivity contribution in [3.8, 4) is 0 Å². The fourth-order valence-electron chi connectivity index (χ4n) is 3.85. The summed E-state index contributed by atoms with van der Waals surface area (Å²) >= 11 is 1.39. The van der Waals surface area contributed by atoms with Crippen molar-refractivity contribution in [1.29, 1.82) is 0 Å². The Morgan fingerprint density at radius 2 is 1.94 bits per heavy atom. The van der Waals surface area contributed by atoms with Gasteiger partial charge in [-0.15, -0.1) is 0 Å². The molecule has 10 heteroatoms. The molecule has 3 rings (SSSR count). The second-order valence-electron chi connectivity index (χ2n) is 8.07. The number of aromatic nitrogens is 1. The van der Waals surface area contributed by atoms with Crippen LogP contribution in [-0.2, 0) is 37.3 Å². The van der Waals surface area contributed by atoms with Crippen molar-refractivity contribution in [2.45, 2.75) is 52.5 Å². The molecule has 0 aliphatic carbocycles. The molecule has 0 spiro atoms. The minimum absolute atomic E-state index is 0.0131. The van der Waals surface area contributed by atoms with Crippen LogP contribution in [0, 0.1) is 5.92 Å². The van der Waals surface area contributed by atoms with Crippen LogP contribution in [0.3, 0.4) is 0 Å². The monoisotopic (exact) mass is 481 g/mol. The van der Waals surface area contributed by atoms with Gasteiger partial charge in [-0.25, -0.2) is 12.7 Å². The number of hydrogen-bond acceptors (Lipinski definition) is 6. The van der Waals surface area contributed by atoms with Gasteiger partial charge in [-0.2, -0.15) is 4.99 Å². The minimum Gasteiger partial charge on any atom is -0.465 e. The highest BCUT2D eigenvalue weighted by atomic mass is 32.2. The van der Waals surface area contributed by atoms with E-state index in [1.807, 2.05) is 6.07 Å². The SMILES string of the molecule is CCCCc1ccc2c(c1)sc(=NC(=O)C1CCN(S(C)(=O)=O)CC1)n2CC(=O)OCC. The fraction of sp³-hybridized carbons (Fsp3) is 0.591. The van der Waals surface area contributed by atoms with E-state index in [1.54, 1.807) is 11.5 Å². The zero-order valence-electron chi connectivity index (χ0n) is 18.9. The highest BCUT2D eigenvalue weighted by molar-refractivity contribution is 7.88. The largest absolute Gasteiger partial charge is 0.465 e. The fourth-order valence-corrected chi connectivity index (χ4v) is 5.82. The molecule has 0 radical (unpaired) electrons. The number of nitrogens with zero attached hydrogens (tertiary/aromatic N) is 3. The van der Waals surface area contributed by atoms with Crippen LogP contribution in [0.4, 0.5) is 0 Å². The first-order chi connectivity index (χ1) is 15.2. The van der Waals surface area contributed by atoms with E-state index < -0.39 is 10.0 Å². The number of esters is 1. The highest BCUT2D eigenvalue weighted by Gasteiger charge is 2.29. The van der Waals surface area contributed by atoms with E-state index in [0.717, 1.165) is 29.5 Å². The van der Waals surface area contributed by atoms with Crippen LogP contribution >= 0.6 is 11.3 Å². The smallest absolute Gasteiger partial charge is 0.326 e. The van der Waals surface area contributed by atoms with E-state index in [9.17, 15) is 18.0 Å². The molecule has 8 nitrogen and oxygen atoms in total. The third-order valence-electron chi connectivity index (χ3n) is 5.64. The van der Waals surface area contributed by atoms with Crippen LogP contribution in [0.2, 0.25) is 0 Å². The summed E-state index contributed by atoms with van der Waals surface area (Å²) in [5, 5.41) is 0. The van der Waals surface area contributed by atoms with Gasteiger partial charge in [-0.05, 0) is 50.3 Å². The quantitative estimate of drug-likeness (QED) is 0.540. The van der Waals surface area contributed by atoms with Gasteiger partial charge in [0.05, 0.1) is 23.1 Å². The Hall–Kier alpha value is -2.04. The summed E-state index contributed by atoms with van der Waals surface area (Å²) in [6, 6.07) is 6.13. The van der Waals surface area contributed by atoms with Crippen molar-refractivity contribution in [2.75, 3.05) is 26.0 Å². The summed E-state index contributed by atoms with van der Waals surface area (Å²) in [6.45, 7) is 4.82. The van der Waals surface area contributed by atoms with Gasteiger partial charge in [0, 0.05) is 19.0 Å². The molecule has 2 aromatic rings. The number of hydrogen-bond donors (Lipinski definition) is 0. The van der Waals surface area contributed by atoms with Gasteiger partial charge < -0.3 is 9.30 Å². The molecule has 1 fully saturated rings. The Kier molecular flexibility index (Phi) is 8.24. The molecule has 1 saturated heterocycles. The lowest BCUT2D eigenvalue weighted by molar-refractivity contribution is -0.143. The number of rotatable bonds is 8. The molecule has 0 bridgehead atoms. The maximum Gasteiger partial charge on any atom is 0.326 e. The second-order valence-corrected chi connectivity index (χ2v) is 11.1. The Morgan fingerprint density at radius 3 is 2.56 bits per heavy atom. The molecule has 0 unspecified atom stereocenters. The van der Waals surface area contributed by atoms with Crippen LogP contribution in [0.5, 0.6) is 0 Å². The van der Waals surface area contributed by atoms with Gasteiger partial charge in [0.25, 0.3) is 5.91 Å². The van der Waals surface area contributed by atoms with Gasteiger partial charge in [0.15, 0.2) is 4.80 Å². The molecule has 2 heterocycles. The van der Waals surface area contributed by atoms with Crippen molar-refractivity contribution >= 4 is 43.5 Å². The van der Waals surface area contributed by atoms with Crippen molar-refractivity contribution in [3.63, 3.8) is 0 Å². The molecule has 1 aliphatic rings. The normalized spacial score (nSPS) is 16.5. The molecule has 1 aliphatic heterocycles. The van der Waals surface area contributed by atoms with Crippen molar-refractivity contribution in [3.05, 3.63) is 28.6 Å². The van der Waals surface area contributed by atoms with Gasteiger partial charge >= 0.3 is 5.97 Å². The molecule has 1 amide bonds. The van der Waals surface area contributed by atoms with Crippen LogP contribution < -0.4 is 4.80 Å². The number of carbonyl (C=O) groups is 2. The van der Waals surface area contributed by atoms with E-state index in [4.69, 9.17) is 4.74 Å². The number of unbranched alkanes of at least 4 members (excludes halogenated alkanes) is 1. The number of thiazole rings is 1. The summed E-state index contributed by atoms with van der Waals surface area (Å²) in [6.07, 6.45) is 5.26.